The molecule has 1 rings (SSSR count). The zero-order chi connectivity index (χ0) is 15.3. The van der Waals surface area contributed by atoms with E-state index in [1.165, 1.54) is 6.08 Å². The molecule has 0 spiro atoms. The summed E-state index contributed by atoms with van der Waals surface area (Å²) in [5.74, 6) is -2.57. The predicted octanol–water partition coefficient (Wildman–Crippen LogP) is 0.504. The van der Waals surface area contributed by atoms with Crippen LogP contribution in [0.4, 0.5) is 4.79 Å². The summed E-state index contributed by atoms with van der Waals surface area (Å²) in [6.45, 7) is 7.00. The Balaban J connectivity index is 3.04. The molecule has 1 aliphatic heterocycles. The maximum atomic E-state index is 12.1. The molecule has 1 atom stereocenters. The minimum Gasteiger partial charge on any atom is -0.466 e. The third-order valence-corrected chi connectivity index (χ3v) is 3.35. The van der Waals surface area contributed by atoms with Gasteiger partial charge >= 0.3 is 12.0 Å². The van der Waals surface area contributed by atoms with Crippen LogP contribution in [0.15, 0.2) is 12.7 Å². The number of rotatable bonds is 6. The molecule has 1 aliphatic rings. The Morgan fingerprint density at radius 1 is 1.35 bits per heavy atom. The van der Waals surface area contributed by atoms with Crippen LogP contribution in [0, 0.1) is 11.3 Å². The summed E-state index contributed by atoms with van der Waals surface area (Å²) in [6, 6.07) is -0.858. The van der Waals surface area contributed by atoms with Crippen LogP contribution in [-0.2, 0) is 19.1 Å². The van der Waals surface area contributed by atoms with Crippen molar-refractivity contribution in [2.24, 2.45) is 11.3 Å². The maximum absolute atomic E-state index is 12.1. The minimum absolute atomic E-state index is 0.0263. The summed E-state index contributed by atoms with van der Waals surface area (Å²) in [7, 11) is 0. The van der Waals surface area contributed by atoms with Crippen LogP contribution < -0.4 is 10.6 Å². The second-order valence-electron chi connectivity index (χ2n) is 4.61. The average Bonchev–Trinajstić information content (AvgIpc) is 2.33. The fraction of sp³-hybridized carbons (Fsp3) is 0.538. The number of amides is 4. The first-order valence-corrected chi connectivity index (χ1v) is 6.31. The van der Waals surface area contributed by atoms with E-state index in [1.807, 2.05) is 0 Å². The molecular weight excluding hydrogens is 264 g/mol. The van der Waals surface area contributed by atoms with Crippen molar-refractivity contribution in [3.63, 3.8) is 0 Å². The van der Waals surface area contributed by atoms with Gasteiger partial charge < -0.3 is 4.74 Å². The molecule has 1 fully saturated rings. The Labute approximate surface area is 116 Å². The fourth-order valence-corrected chi connectivity index (χ4v) is 2.27. The Kier molecular flexibility index (Phi) is 5.01. The van der Waals surface area contributed by atoms with Crippen LogP contribution in [-0.4, -0.2) is 30.4 Å². The van der Waals surface area contributed by atoms with Crippen molar-refractivity contribution in [1.82, 2.24) is 10.6 Å². The number of carbonyl (C=O) groups excluding carboxylic acids is 4. The van der Waals surface area contributed by atoms with Gasteiger partial charge in [0.15, 0.2) is 0 Å². The first-order valence-electron chi connectivity index (χ1n) is 6.31. The van der Waals surface area contributed by atoms with Crippen LogP contribution in [0.2, 0.25) is 0 Å². The van der Waals surface area contributed by atoms with Gasteiger partial charge in [-0.2, -0.15) is 0 Å². The van der Waals surface area contributed by atoms with E-state index in [1.54, 1.807) is 13.8 Å². The number of barbiturate groups is 1. The zero-order valence-corrected chi connectivity index (χ0v) is 11.5. The summed E-state index contributed by atoms with van der Waals surface area (Å²) >= 11 is 0. The number of hydrogen-bond donors (Lipinski definition) is 2. The van der Waals surface area contributed by atoms with E-state index in [9.17, 15) is 19.2 Å². The van der Waals surface area contributed by atoms with Crippen molar-refractivity contribution in [3.8, 4) is 0 Å². The molecule has 1 heterocycles. The van der Waals surface area contributed by atoms with Gasteiger partial charge in [0.05, 0.1) is 6.61 Å². The van der Waals surface area contributed by atoms with Gasteiger partial charge in [-0.3, -0.25) is 25.0 Å². The summed E-state index contributed by atoms with van der Waals surface area (Å²) in [5.41, 5.74) is -1.53. The fourth-order valence-electron chi connectivity index (χ4n) is 2.27. The van der Waals surface area contributed by atoms with Crippen LogP contribution in [0.25, 0.3) is 0 Å². The average molecular weight is 282 g/mol. The number of urea groups is 1. The summed E-state index contributed by atoms with van der Waals surface area (Å²) < 4.78 is 4.82. The predicted molar refractivity (Wildman–Crippen MR) is 69.3 cm³/mol. The number of esters is 1. The van der Waals surface area contributed by atoms with E-state index in [2.05, 4.69) is 17.2 Å². The number of allylic oxidation sites excluding steroid dienone is 1. The molecule has 7 nitrogen and oxygen atoms in total. The Hall–Kier alpha value is -2.18. The Bertz CT molecular complexity index is 438. The largest absolute Gasteiger partial charge is 0.466 e. The number of imide groups is 2. The molecule has 7 heteroatoms. The molecule has 0 saturated carbocycles. The number of ether oxygens (including phenoxy) is 1. The molecule has 0 aromatic heterocycles. The van der Waals surface area contributed by atoms with Gasteiger partial charge in [-0.1, -0.05) is 13.0 Å². The SMILES string of the molecule is C=CCC1(C(C)CC(=O)OCC)C(=O)NC(=O)NC1=O. The first-order chi connectivity index (χ1) is 9.38. The molecular formula is C13H18N2O5. The van der Waals surface area contributed by atoms with Gasteiger partial charge in [0, 0.05) is 6.42 Å². The van der Waals surface area contributed by atoms with Gasteiger partial charge in [-0.05, 0) is 19.3 Å². The standard InChI is InChI=1S/C13H18N2O5/c1-4-6-13(8(3)7-9(16)20-5-2)10(17)14-12(19)15-11(13)18/h4,8H,1,5-7H2,2-3H3,(H2,14,15,17,18,19). The molecule has 4 amide bonds. The van der Waals surface area contributed by atoms with Crippen LogP contribution >= 0.6 is 0 Å². The van der Waals surface area contributed by atoms with Crippen molar-refractivity contribution < 1.29 is 23.9 Å². The van der Waals surface area contributed by atoms with Crippen LogP contribution in [0.5, 0.6) is 0 Å². The highest BCUT2D eigenvalue weighted by Crippen LogP contribution is 2.36. The highest BCUT2D eigenvalue weighted by molar-refractivity contribution is 6.19. The van der Waals surface area contributed by atoms with Crippen molar-refractivity contribution >= 4 is 23.8 Å². The number of nitrogens with one attached hydrogen (secondary N) is 2. The summed E-state index contributed by atoms with van der Waals surface area (Å²) in [6.07, 6.45) is 1.34. The van der Waals surface area contributed by atoms with Gasteiger partial charge in [-0.15, -0.1) is 6.58 Å². The molecule has 1 unspecified atom stereocenters. The molecule has 0 aliphatic carbocycles. The van der Waals surface area contributed by atoms with E-state index in [4.69, 9.17) is 4.74 Å². The minimum atomic E-state index is -1.53. The molecule has 0 aromatic carbocycles. The van der Waals surface area contributed by atoms with E-state index in [0.717, 1.165) is 0 Å². The lowest BCUT2D eigenvalue weighted by Crippen LogP contribution is -2.64. The van der Waals surface area contributed by atoms with Crippen molar-refractivity contribution in [2.45, 2.75) is 26.7 Å². The van der Waals surface area contributed by atoms with Gasteiger partial charge in [0.1, 0.15) is 5.41 Å². The van der Waals surface area contributed by atoms with Crippen molar-refractivity contribution in [2.75, 3.05) is 6.61 Å². The monoisotopic (exact) mass is 282 g/mol. The molecule has 110 valence electrons. The normalized spacial score (nSPS) is 18.8. The highest BCUT2D eigenvalue weighted by Gasteiger charge is 2.53. The lowest BCUT2D eigenvalue weighted by Gasteiger charge is -2.37. The van der Waals surface area contributed by atoms with E-state index in [0.29, 0.717) is 0 Å². The molecule has 20 heavy (non-hydrogen) atoms. The first kappa shape index (κ1) is 15.9. The topological polar surface area (TPSA) is 102 Å². The third kappa shape index (κ3) is 2.87. The maximum Gasteiger partial charge on any atom is 0.328 e. The Morgan fingerprint density at radius 2 is 1.90 bits per heavy atom. The quantitative estimate of drug-likeness (QED) is 0.420. The smallest absolute Gasteiger partial charge is 0.328 e. The van der Waals surface area contributed by atoms with Gasteiger partial charge in [0.25, 0.3) is 0 Å². The summed E-state index contributed by atoms with van der Waals surface area (Å²) in [4.78, 5) is 46.9. The van der Waals surface area contributed by atoms with Crippen LogP contribution in [0.3, 0.4) is 0 Å². The number of hydrogen-bond acceptors (Lipinski definition) is 5. The lowest BCUT2D eigenvalue weighted by atomic mass is 9.70. The molecule has 0 aromatic rings. The van der Waals surface area contributed by atoms with Gasteiger partial charge in [-0.25, -0.2) is 4.79 Å². The second-order valence-corrected chi connectivity index (χ2v) is 4.61. The van der Waals surface area contributed by atoms with E-state index >= 15 is 0 Å². The van der Waals surface area contributed by atoms with Gasteiger partial charge in [0.2, 0.25) is 11.8 Å². The molecule has 0 radical (unpaired) electrons. The number of carbonyl (C=O) groups is 4. The summed E-state index contributed by atoms with van der Waals surface area (Å²) in [5, 5.41) is 4.12. The molecule has 2 N–H and O–H groups in total. The lowest BCUT2D eigenvalue weighted by molar-refractivity contribution is -0.151. The molecule has 0 bridgehead atoms. The van der Waals surface area contributed by atoms with Crippen molar-refractivity contribution in [1.29, 1.82) is 0 Å². The molecule has 1 saturated heterocycles. The van der Waals surface area contributed by atoms with E-state index < -0.39 is 35.1 Å². The highest BCUT2D eigenvalue weighted by atomic mass is 16.5. The Morgan fingerprint density at radius 3 is 2.35 bits per heavy atom. The third-order valence-electron chi connectivity index (χ3n) is 3.35. The van der Waals surface area contributed by atoms with E-state index in [-0.39, 0.29) is 19.4 Å². The zero-order valence-electron chi connectivity index (χ0n) is 11.5. The van der Waals surface area contributed by atoms with Crippen LogP contribution in [0.1, 0.15) is 26.7 Å². The van der Waals surface area contributed by atoms with Crippen molar-refractivity contribution in [3.05, 3.63) is 12.7 Å². The second kappa shape index (κ2) is 6.31.